The van der Waals surface area contributed by atoms with E-state index >= 15 is 0 Å². The molecule has 1 amide bonds. The molecule has 38 heavy (non-hydrogen) atoms. The summed E-state index contributed by atoms with van der Waals surface area (Å²) in [7, 11) is 0. The molecular formula is C32H36F2N2O2. The Balaban J connectivity index is 1.25. The molecule has 4 nitrogen and oxygen atoms in total. The molecule has 6 rings (SSSR count). The molecule has 0 spiro atoms. The Hall–Kier alpha value is -2.89. The Bertz CT molecular complexity index is 1230. The minimum absolute atomic E-state index is 0.00869. The van der Waals surface area contributed by atoms with Gasteiger partial charge in [-0.05, 0) is 90.7 Å². The van der Waals surface area contributed by atoms with Crippen LogP contribution in [0.2, 0.25) is 0 Å². The quantitative estimate of drug-likeness (QED) is 0.506. The Labute approximate surface area is 223 Å². The Kier molecular flexibility index (Phi) is 6.27. The predicted octanol–water partition coefficient (Wildman–Crippen LogP) is 6.44. The SMILES string of the molecule is C[C@]12CCC(=O)CC1=NC[C@@H]1[C@H]2CC[C@]2(C)C(C(=O)NC(c3ccc(F)cc3)c3ccc(F)cc3)CC[C@@H]12. The van der Waals surface area contributed by atoms with Crippen molar-refractivity contribution in [3.63, 3.8) is 0 Å². The van der Waals surface area contributed by atoms with Crippen LogP contribution in [0.1, 0.15) is 76.0 Å². The lowest BCUT2D eigenvalue weighted by molar-refractivity contribution is -0.132. The van der Waals surface area contributed by atoms with Crippen LogP contribution >= 0.6 is 0 Å². The first kappa shape index (κ1) is 25.4. The van der Waals surface area contributed by atoms with Gasteiger partial charge in [-0.15, -0.1) is 0 Å². The number of rotatable bonds is 4. The standard InChI is InChI=1S/C32H36F2N2O2/c1-31-16-14-26-24(18-35-28-17-23(37)13-15-32(26,28)2)25(31)11-12-27(31)30(38)36-29(19-3-7-21(33)8-4-19)20-5-9-22(34)10-6-20/h3-10,24-27,29H,11-18H2,1-2H3,(H,36,38)/t24-,25-,26+,27?,31-,32+/m0/s1. The zero-order valence-corrected chi connectivity index (χ0v) is 22.2. The zero-order valence-electron chi connectivity index (χ0n) is 22.2. The van der Waals surface area contributed by atoms with Crippen LogP contribution in [0.5, 0.6) is 0 Å². The number of hydrogen-bond acceptors (Lipinski definition) is 3. The number of hydrogen-bond donors (Lipinski definition) is 1. The van der Waals surface area contributed by atoms with Crippen LogP contribution in [0.4, 0.5) is 8.78 Å². The number of amides is 1. The lowest BCUT2D eigenvalue weighted by Gasteiger charge is -2.56. The number of carbonyl (C=O) groups is 2. The fourth-order valence-electron chi connectivity index (χ4n) is 8.55. The fraction of sp³-hybridized carbons (Fsp3) is 0.531. The molecule has 200 valence electrons. The van der Waals surface area contributed by atoms with E-state index in [0.717, 1.165) is 55.5 Å². The Morgan fingerprint density at radius 2 is 1.55 bits per heavy atom. The van der Waals surface area contributed by atoms with Crippen molar-refractivity contribution in [3.05, 3.63) is 71.3 Å². The van der Waals surface area contributed by atoms with Gasteiger partial charge in [0.05, 0.1) is 6.04 Å². The Morgan fingerprint density at radius 1 is 0.921 bits per heavy atom. The van der Waals surface area contributed by atoms with Gasteiger partial charge >= 0.3 is 0 Å². The molecule has 6 heteroatoms. The Morgan fingerprint density at radius 3 is 2.18 bits per heavy atom. The molecule has 0 saturated heterocycles. The van der Waals surface area contributed by atoms with E-state index in [4.69, 9.17) is 4.99 Å². The van der Waals surface area contributed by atoms with Crippen LogP contribution in [-0.4, -0.2) is 23.9 Å². The third kappa shape index (κ3) is 4.11. The van der Waals surface area contributed by atoms with Crippen LogP contribution in [0.3, 0.4) is 0 Å². The van der Waals surface area contributed by atoms with Crippen LogP contribution in [-0.2, 0) is 9.59 Å². The van der Waals surface area contributed by atoms with Crippen molar-refractivity contribution in [2.45, 2.75) is 64.8 Å². The van der Waals surface area contributed by atoms with E-state index in [1.54, 1.807) is 24.3 Å². The number of nitrogens with one attached hydrogen (secondary N) is 1. The molecule has 1 unspecified atom stereocenters. The minimum atomic E-state index is -0.483. The average molecular weight is 519 g/mol. The van der Waals surface area contributed by atoms with Gasteiger partial charge in [-0.25, -0.2) is 8.78 Å². The molecule has 4 aliphatic rings. The highest BCUT2D eigenvalue weighted by atomic mass is 19.1. The van der Waals surface area contributed by atoms with Gasteiger partial charge < -0.3 is 5.32 Å². The first-order chi connectivity index (χ1) is 18.2. The molecular weight excluding hydrogens is 482 g/mol. The van der Waals surface area contributed by atoms with Gasteiger partial charge in [-0.1, -0.05) is 38.1 Å². The van der Waals surface area contributed by atoms with Crippen molar-refractivity contribution in [2.75, 3.05) is 6.54 Å². The molecule has 1 aliphatic heterocycles. The number of aliphatic imine (C=N–C) groups is 1. The molecule has 2 aromatic carbocycles. The maximum atomic E-state index is 14.0. The topological polar surface area (TPSA) is 58.5 Å². The van der Waals surface area contributed by atoms with Crippen LogP contribution in [0.25, 0.3) is 0 Å². The van der Waals surface area contributed by atoms with Crippen molar-refractivity contribution in [3.8, 4) is 0 Å². The summed E-state index contributed by atoms with van der Waals surface area (Å²) >= 11 is 0. The van der Waals surface area contributed by atoms with Gasteiger partial charge in [0.1, 0.15) is 17.4 Å². The van der Waals surface area contributed by atoms with E-state index in [-0.39, 0.29) is 34.3 Å². The predicted molar refractivity (Wildman–Crippen MR) is 143 cm³/mol. The third-order valence-corrected chi connectivity index (χ3v) is 10.7. The lowest BCUT2D eigenvalue weighted by atomic mass is 9.49. The molecule has 2 aromatic rings. The first-order valence-corrected chi connectivity index (χ1v) is 14.1. The van der Waals surface area contributed by atoms with E-state index in [2.05, 4.69) is 19.2 Å². The second-order valence-electron chi connectivity index (χ2n) is 12.5. The fourth-order valence-corrected chi connectivity index (χ4v) is 8.55. The van der Waals surface area contributed by atoms with Gasteiger partial charge in [0.15, 0.2) is 0 Å². The molecule has 3 fully saturated rings. The highest BCUT2D eigenvalue weighted by Gasteiger charge is 2.60. The number of nitrogens with zero attached hydrogens (tertiary/aromatic N) is 1. The molecule has 0 aromatic heterocycles. The highest BCUT2D eigenvalue weighted by molar-refractivity contribution is 6.07. The van der Waals surface area contributed by atoms with Crippen molar-refractivity contribution < 1.29 is 18.4 Å². The van der Waals surface area contributed by atoms with Gasteiger partial charge in [-0.2, -0.15) is 0 Å². The number of fused-ring (bicyclic) bond motifs is 5. The summed E-state index contributed by atoms with van der Waals surface area (Å²) in [4.78, 5) is 31.1. The summed E-state index contributed by atoms with van der Waals surface area (Å²) in [5.41, 5.74) is 2.55. The van der Waals surface area contributed by atoms with Crippen LogP contribution in [0.15, 0.2) is 53.5 Å². The van der Waals surface area contributed by atoms with Crippen LogP contribution in [0, 0.1) is 46.1 Å². The van der Waals surface area contributed by atoms with Crippen LogP contribution < -0.4 is 5.32 Å². The highest BCUT2D eigenvalue weighted by Crippen LogP contribution is 2.63. The summed E-state index contributed by atoms with van der Waals surface area (Å²) in [5, 5.41) is 3.27. The molecule has 3 saturated carbocycles. The number of ketones is 1. The van der Waals surface area contributed by atoms with Crippen molar-refractivity contribution in [2.24, 2.45) is 39.5 Å². The van der Waals surface area contributed by atoms with Crippen molar-refractivity contribution in [1.82, 2.24) is 5.32 Å². The maximum absolute atomic E-state index is 14.0. The number of Topliss-reactive ketones (excluding diaryl/α,β-unsaturated/α-hetero) is 1. The van der Waals surface area contributed by atoms with Gasteiger partial charge in [-0.3, -0.25) is 14.6 Å². The molecule has 0 bridgehead atoms. The largest absolute Gasteiger partial charge is 0.345 e. The summed E-state index contributed by atoms with van der Waals surface area (Å²) in [6.45, 7) is 5.39. The lowest BCUT2D eigenvalue weighted by Crippen LogP contribution is -2.55. The monoisotopic (exact) mass is 518 g/mol. The zero-order chi connectivity index (χ0) is 26.7. The van der Waals surface area contributed by atoms with Crippen molar-refractivity contribution >= 4 is 17.4 Å². The summed E-state index contributed by atoms with van der Waals surface area (Å²) in [6, 6.07) is 11.8. The summed E-state index contributed by atoms with van der Waals surface area (Å²) < 4.78 is 27.3. The number of benzene rings is 2. The normalized spacial score (nSPS) is 34.2. The summed E-state index contributed by atoms with van der Waals surface area (Å²) in [6.07, 6.45) is 5.96. The number of halogens is 2. The van der Waals surface area contributed by atoms with E-state index < -0.39 is 6.04 Å². The summed E-state index contributed by atoms with van der Waals surface area (Å²) in [5.74, 6) is 0.921. The van der Waals surface area contributed by atoms with Gasteiger partial charge in [0.2, 0.25) is 5.91 Å². The first-order valence-electron chi connectivity index (χ1n) is 14.1. The second-order valence-corrected chi connectivity index (χ2v) is 12.5. The molecule has 3 aliphatic carbocycles. The smallest absolute Gasteiger partial charge is 0.224 e. The van der Waals surface area contributed by atoms with E-state index in [1.165, 1.54) is 24.3 Å². The van der Waals surface area contributed by atoms with E-state index in [1.807, 2.05) is 0 Å². The van der Waals surface area contributed by atoms with Crippen molar-refractivity contribution in [1.29, 1.82) is 0 Å². The third-order valence-electron chi connectivity index (χ3n) is 10.7. The molecule has 1 N–H and O–H groups in total. The van der Waals surface area contributed by atoms with E-state index in [0.29, 0.717) is 36.4 Å². The van der Waals surface area contributed by atoms with E-state index in [9.17, 15) is 18.4 Å². The maximum Gasteiger partial charge on any atom is 0.224 e. The molecule has 0 radical (unpaired) electrons. The molecule has 1 heterocycles. The minimum Gasteiger partial charge on any atom is -0.345 e. The second kappa shape index (κ2) is 9.39. The van der Waals surface area contributed by atoms with Gasteiger partial charge in [0.25, 0.3) is 0 Å². The molecule has 6 atom stereocenters. The average Bonchev–Trinajstić information content (AvgIpc) is 3.26. The van der Waals surface area contributed by atoms with Gasteiger partial charge in [0, 0.05) is 36.4 Å². The number of carbonyl (C=O) groups excluding carboxylic acids is 2.